The van der Waals surface area contributed by atoms with Crippen molar-refractivity contribution in [3.05, 3.63) is 72.4 Å². The van der Waals surface area contributed by atoms with E-state index < -0.39 is 0 Å². The predicted octanol–water partition coefficient (Wildman–Crippen LogP) is 3.97. The van der Waals surface area contributed by atoms with E-state index in [-0.39, 0.29) is 17.8 Å². The maximum absolute atomic E-state index is 13.3. The smallest absolute Gasteiger partial charge is 0.269 e. The van der Waals surface area contributed by atoms with E-state index in [1.165, 1.54) is 12.1 Å². The van der Waals surface area contributed by atoms with Crippen LogP contribution >= 0.6 is 0 Å². The van der Waals surface area contributed by atoms with Gasteiger partial charge in [0, 0.05) is 17.3 Å². The third-order valence-electron chi connectivity index (χ3n) is 5.26. The first kappa shape index (κ1) is 18.4. The van der Waals surface area contributed by atoms with E-state index in [1.807, 2.05) is 55.3 Å². The van der Waals surface area contributed by atoms with Crippen LogP contribution in [-0.4, -0.2) is 16.5 Å². The zero-order valence-corrected chi connectivity index (χ0v) is 16.3. The van der Waals surface area contributed by atoms with Crippen molar-refractivity contribution in [2.24, 2.45) is 0 Å². The third kappa shape index (κ3) is 3.44. The molecule has 1 aromatic heterocycles. The van der Waals surface area contributed by atoms with Crippen LogP contribution in [0.3, 0.4) is 0 Å². The van der Waals surface area contributed by atoms with Crippen LogP contribution in [0.2, 0.25) is 0 Å². The van der Waals surface area contributed by atoms with Gasteiger partial charge in [0.1, 0.15) is 12.0 Å². The molecule has 0 unspecified atom stereocenters. The van der Waals surface area contributed by atoms with Gasteiger partial charge in [-0.15, -0.1) is 0 Å². The molecule has 0 N–H and O–H groups in total. The highest BCUT2D eigenvalue weighted by Gasteiger charge is 2.31. The predicted molar refractivity (Wildman–Crippen MR) is 107 cm³/mol. The molecule has 1 aliphatic rings. The summed E-state index contributed by atoms with van der Waals surface area (Å²) in [5, 5.41) is 0. The van der Waals surface area contributed by atoms with Crippen LogP contribution in [0.5, 0.6) is 0 Å². The Hall–Kier alpha value is -2.95. The Kier molecular flexibility index (Phi) is 4.99. The molecule has 5 heteroatoms. The zero-order chi connectivity index (χ0) is 19.7. The van der Waals surface area contributed by atoms with Crippen LogP contribution in [0.4, 0.5) is 10.1 Å². The van der Waals surface area contributed by atoms with E-state index in [0.717, 1.165) is 42.2 Å². The number of fused-ring (bicyclic) bond motifs is 1. The molecule has 28 heavy (non-hydrogen) atoms. The van der Waals surface area contributed by atoms with Crippen molar-refractivity contribution in [3.63, 3.8) is 0 Å². The summed E-state index contributed by atoms with van der Waals surface area (Å²) in [6.45, 7) is 5.28. The van der Waals surface area contributed by atoms with Gasteiger partial charge in [-0.05, 0) is 56.7 Å². The summed E-state index contributed by atoms with van der Waals surface area (Å²) >= 11 is 0. The molecule has 0 fully saturated rings. The van der Waals surface area contributed by atoms with E-state index in [9.17, 15) is 9.18 Å². The number of anilines is 1. The first-order chi connectivity index (χ1) is 13.5. The summed E-state index contributed by atoms with van der Waals surface area (Å²) in [6, 6.07) is 16.4. The van der Waals surface area contributed by atoms with Crippen molar-refractivity contribution in [2.45, 2.75) is 45.8 Å². The van der Waals surface area contributed by atoms with Gasteiger partial charge in [0.05, 0.1) is 13.0 Å². The number of halogens is 1. The van der Waals surface area contributed by atoms with Gasteiger partial charge in [-0.2, -0.15) is 0 Å². The maximum Gasteiger partial charge on any atom is 0.269 e. The topological polar surface area (TPSA) is 29.1 Å². The summed E-state index contributed by atoms with van der Waals surface area (Å²) in [5.41, 5.74) is 2.92. The second-order valence-corrected chi connectivity index (χ2v) is 7.51. The molecular weight excluding hydrogens is 353 g/mol. The van der Waals surface area contributed by atoms with Gasteiger partial charge >= 0.3 is 0 Å². The fourth-order valence-electron chi connectivity index (χ4n) is 4.04. The Labute approximate surface area is 164 Å². The van der Waals surface area contributed by atoms with Crippen molar-refractivity contribution in [3.8, 4) is 11.3 Å². The second kappa shape index (κ2) is 7.58. The Morgan fingerprint density at radius 2 is 1.86 bits per heavy atom. The highest BCUT2D eigenvalue weighted by atomic mass is 19.1. The van der Waals surface area contributed by atoms with E-state index in [1.54, 1.807) is 12.1 Å². The van der Waals surface area contributed by atoms with Gasteiger partial charge in [0.15, 0.2) is 12.2 Å². The van der Waals surface area contributed by atoms with E-state index in [0.29, 0.717) is 6.54 Å². The number of rotatable bonds is 5. The summed E-state index contributed by atoms with van der Waals surface area (Å²) < 4.78 is 17.6. The number of hydrogen-bond acceptors (Lipinski definition) is 1. The van der Waals surface area contributed by atoms with Gasteiger partial charge in [-0.1, -0.05) is 18.2 Å². The molecule has 3 aromatic rings. The van der Waals surface area contributed by atoms with Crippen molar-refractivity contribution < 1.29 is 13.8 Å². The van der Waals surface area contributed by atoms with Crippen molar-refractivity contribution in [2.75, 3.05) is 4.90 Å². The standard InChI is InChI=1S/C23H25FN3O/c1-17(2)27(20-7-4-3-5-8-20)23(28)16-25-15-21(26-14-6-9-22(25)26)18-10-12-19(24)13-11-18/h3-5,7-8,10-13,15,17H,6,9,14,16H2,1-2H3/q+1. The highest BCUT2D eigenvalue weighted by Crippen LogP contribution is 2.25. The number of para-hydroxylation sites is 1. The molecule has 144 valence electrons. The number of carbonyl (C=O) groups is 1. The number of aromatic nitrogens is 2. The highest BCUT2D eigenvalue weighted by molar-refractivity contribution is 5.92. The van der Waals surface area contributed by atoms with Crippen LogP contribution in [0, 0.1) is 5.82 Å². The van der Waals surface area contributed by atoms with Gasteiger partial charge in [-0.3, -0.25) is 4.79 Å². The van der Waals surface area contributed by atoms with E-state index in [4.69, 9.17) is 0 Å². The van der Waals surface area contributed by atoms with Crippen LogP contribution in [0.15, 0.2) is 60.8 Å². The molecule has 0 aliphatic carbocycles. The molecule has 2 heterocycles. The van der Waals surface area contributed by atoms with Crippen molar-refractivity contribution in [1.29, 1.82) is 0 Å². The van der Waals surface area contributed by atoms with Crippen molar-refractivity contribution >= 4 is 11.6 Å². The van der Waals surface area contributed by atoms with Crippen LogP contribution < -0.4 is 9.47 Å². The molecule has 4 nitrogen and oxygen atoms in total. The average molecular weight is 378 g/mol. The van der Waals surface area contributed by atoms with E-state index in [2.05, 4.69) is 9.13 Å². The number of amides is 1. The quantitative estimate of drug-likeness (QED) is 0.618. The minimum atomic E-state index is -0.240. The maximum atomic E-state index is 13.3. The molecule has 0 spiro atoms. The summed E-state index contributed by atoms with van der Waals surface area (Å²) in [4.78, 5) is 15.0. The molecule has 0 radical (unpaired) electrons. The lowest BCUT2D eigenvalue weighted by molar-refractivity contribution is -0.690. The summed E-state index contributed by atoms with van der Waals surface area (Å²) in [6.07, 6.45) is 4.04. The SMILES string of the molecule is CC(C)N(C(=O)C[n+]1cc(-c2ccc(F)cc2)n2c1CCC2)c1ccccc1. The third-order valence-corrected chi connectivity index (χ3v) is 5.26. The van der Waals surface area contributed by atoms with Crippen LogP contribution in [-0.2, 0) is 24.3 Å². The number of carbonyl (C=O) groups excluding carboxylic acids is 1. The van der Waals surface area contributed by atoms with Crippen LogP contribution in [0.25, 0.3) is 11.3 Å². The summed E-state index contributed by atoms with van der Waals surface area (Å²) in [7, 11) is 0. The normalized spacial score (nSPS) is 13.0. The fraction of sp³-hybridized carbons (Fsp3) is 0.304. The molecule has 1 aliphatic heterocycles. The number of hydrogen-bond donors (Lipinski definition) is 0. The molecule has 2 aromatic carbocycles. The zero-order valence-electron chi connectivity index (χ0n) is 16.3. The monoisotopic (exact) mass is 378 g/mol. The Balaban J connectivity index is 1.65. The van der Waals surface area contributed by atoms with Crippen molar-refractivity contribution in [1.82, 2.24) is 4.57 Å². The Morgan fingerprint density at radius 1 is 1.14 bits per heavy atom. The average Bonchev–Trinajstić information content (AvgIpc) is 3.27. The van der Waals surface area contributed by atoms with E-state index >= 15 is 0 Å². The van der Waals surface area contributed by atoms with Crippen LogP contribution in [0.1, 0.15) is 26.1 Å². The lowest BCUT2D eigenvalue weighted by Crippen LogP contribution is -2.48. The molecule has 0 atom stereocenters. The first-order valence-corrected chi connectivity index (χ1v) is 9.79. The summed E-state index contributed by atoms with van der Waals surface area (Å²) in [5.74, 6) is 0.983. The van der Waals surface area contributed by atoms with Gasteiger partial charge in [0.2, 0.25) is 0 Å². The second-order valence-electron chi connectivity index (χ2n) is 7.51. The molecule has 0 saturated heterocycles. The fourth-order valence-corrected chi connectivity index (χ4v) is 4.04. The molecular formula is C23H25FN3O+. The van der Waals surface area contributed by atoms with Gasteiger partial charge in [0.25, 0.3) is 11.7 Å². The molecule has 0 bridgehead atoms. The number of nitrogens with zero attached hydrogens (tertiary/aromatic N) is 3. The van der Waals surface area contributed by atoms with Gasteiger partial charge in [-0.25, -0.2) is 13.5 Å². The minimum absolute atomic E-state index is 0.0668. The van der Waals surface area contributed by atoms with Gasteiger partial charge < -0.3 is 4.90 Å². The Morgan fingerprint density at radius 3 is 2.54 bits per heavy atom. The largest absolute Gasteiger partial charge is 0.307 e. The molecule has 1 amide bonds. The number of benzene rings is 2. The lowest BCUT2D eigenvalue weighted by Gasteiger charge is -2.26. The lowest BCUT2D eigenvalue weighted by atomic mass is 10.1. The first-order valence-electron chi connectivity index (χ1n) is 9.79. The molecule has 4 rings (SSSR count). The Bertz CT molecular complexity index is 977. The minimum Gasteiger partial charge on any atom is -0.307 e. The molecule has 0 saturated carbocycles. The number of imidazole rings is 1.